The quantitative estimate of drug-likeness (QED) is 0.165. The van der Waals surface area contributed by atoms with Crippen molar-refractivity contribution in [1.82, 2.24) is 5.32 Å². The summed E-state index contributed by atoms with van der Waals surface area (Å²) in [5.41, 5.74) is 0.712. The molecule has 1 amide bonds. The predicted octanol–water partition coefficient (Wildman–Crippen LogP) is 5.97. The van der Waals surface area contributed by atoms with Crippen LogP contribution in [0.3, 0.4) is 0 Å². The van der Waals surface area contributed by atoms with Gasteiger partial charge in [0.1, 0.15) is 11.4 Å². The maximum Gasteiger partial charge on any atom is 0.306 e. The predicted molar refractivity (Wildman–Crippen MR) is 171 cm³/mol. The molecule has 0 saturated carbocycles. The summed E-state index contributed by atoms with van der Waals surface area (Å²) in [4.78, 5) is 32.0. The Morgan fingerprint density at radius 3 is 2.27 bits per heavy atom. The van der Waals surface area contributed by atoms with E-state index in [1.165, 1.54) is 5.56 Å². The van der Waals surface area contributed by atoms with Crippen LogP contribution in [0.2, 0.25) is 0 Å². The summed E-state index contributed by atoms with van der Waals surface area (Å²) in [6.07, 6.45) is 2.56. The Morgan fingerprint density at radius 2 is 1.61 bits per heavy atom. The third kappa shape index (κ3) is 9.16. The van der Waals surface area contributed by atoms with E-state index < -0.39 is 23.2 Å². The number of hydrogen-bond donors (Lipinski definition) is 2. The van der Waals surface area contributed by atoms with Crippen molar-refractivity contribution in [3.8, 4) is 5.75 Å². The molecule has 3 aromatic rings. The minimum Gasteiger partial charge on any atom is -0.494 e. The highest BCUT2D eigenvalue weighted by atomic mass is 16.6. The van der Waals surface area contributed by atoms with E-state index in [9.17, 15) is 9.59 Å². The van der Waals surface area contributed by atoms with E-state index >= 15 is 0 Å². The third-order valence-corrected chi connectivity index (χ3v) is 7.28. The molecular weight excluding hydrogens is 556 g/mol. The lowest BCUT2D eigenvalue weighted by Crippen LogP contribution is -2.49. The highest BCUT2D eigenvalue weighted by molar-refractivity contribution is 6.01. The van der Waals surface area contributed by atoms with E-state index in [0.717, 1.165) is 24.8 Å². The van der Waals surface area contributed by atoms with Gasteiger partial charge < -0.3 is 24.6 Å². The topological polar surface area (TPSA) is 106 Å². The van der Waals surface area contributed by atoms with Gasteiger partial charge in [0.25, 0.3) is 5.91 Å². The Balaban J connectivity index is 1.59. The molecule has 44 heavy (non-hydrogen) atoms. The van der Waals surface area contributed by atoms with Gasteiger partial charge in [-0.25, -0.2) is 4.99 Å². The van der Waals surface area contributed by atoms with Gasteiger partial charge in [-0.2, -0.15) is 0 Å². The minimum absolute atomic E-state index is 0.000193. The number of aliphatic hydroxyl groups excluding tert-OH is 1. The van der Waals surface area contributed by atoms with Crippen molar-refractivity contribution >= 4 is 17.8 Å². The molecule has 8 heteroatoms. The zero-order valence-electron chi connectivity index (χ0n) is 26.0. The molecule has 1 heterocycles. The molecule has 8 nitrogen and oxygen atoms in total. The lowest BCUT2D eigenvalue weighted by Gasteiger charge is -2.31. The fourth-order valence-corrected chi connectivity index (χ4v) is 5.14. The van der Waals surface area contributed by atoms with Crippen LogP contribution >= 0.6 is 0 Å². The minimum atomic E-state index is -1.39. The van der Waals surface area contributed by atoms with Gasteiger partial charge >= 0.3 is 5.97 Å². The smallest absolute Gasteiger partial charge is 0.306 e. The molecule has 1 aliphatic heterocycles. The van der Waals surface area contributed by atoms with E-state index in [4.69, 9.17) is 24.3 Å². The number of nitrogens with zero attached hydrogens (tertiary/aromatic N) is 1. The van der Waals surface area contributed by atoms with Gasteiger partial charge in [0.2, 0.25) is 5.90 Å². The monoisotopic (exact) mass is 600 g/mol. The second-order valence-corrected chi connectivity index (χ2v) is 12.0. The van der Waals surface area contributed by atoms with Crippen LogP contribution in [0.15, 0.2) is 89.9 Å². The van der Waals surface area contributed by atoms with Gasteiger partial charge in [0.05, 0.1) is 6.61 Å². The number of carbonyl (C=O) groups excluding carboxylic acids is 2. The van der Waals surface area contributed by atoms with Gasteiger partial charge in [-0.05, 0) is 81.8 Å². The molecule has 0 aromatic heterocycles. The highest BCUT2D eigenvalue weighted by Crippen LogP contribution is 2.43. The van der Waals surface area contributed by atoms with E-state index in [1.807, 2.05) is 93.6 Å². The van der Waals surface area contributed by atoms with Crippen molar-refractivity contribution in [3.05, 3.63) is 102 Å². The van der Waals surface area contributed by atoms with Crippen LogP contribution in [0.25, 0.3) is 0 Å². The molecule has 2 N–H and O–H groups in total. The number of aryl methyl sites for hydroxylation is 1. The summed E-state index contributed by atoms with van der Waals surface area (Å²) >= 11 is 0. The first-order valence-corrected chi connectivity index (χ1v) is 15.4. The molecule has 234 valence electrons. The number of unbranched alkanes of at least 4 members (excludes halogenated alkanes) is 1. The number of aliphatic imine (C=N–C) groups is 1. The van der Waals surface area contributed by atoms with E-state index in [-0.39, 0.29) is 25.4 Å². The first kappa shape index (κ1) is 32.7. The van der Waals surface area contributed by atoms with Crippen molar-refractivity contribution < 1.29 is 28.9 Å². The Kier molecular flexibility index (Phi) is 11.6. The maximum atomic E-state index is 14.2. The summed E-state index contributed by atoms with van der Waals surface area (Å²) < 4.78 is 17.8. The Bertz CT molecular complexity index is 1370. The molecule has 0 radical (unpaired) electrons. The number of nitrogens with one attached hydrogen (secondary N) is 1. The van der Waals surface area contributed by atoms with Gasteiger partial charge in [-0.1, -0.05) is 60.7 Å². The third-order valence-electron chi connectivity index (χ3n) is 7.28. The van der Waals surface area contributed by atoms with E-state index in [2.05, 4.69) is 17.4 Å². The first-order chi connectivity index (χ1) is 21.2. The number of hydrogen-bond acceptors (Lipinski definition) is 7. The normalized spacial score (nSPS) is 17.8. The molecule has 0 fully saturated rings. The SMILES string of the molecule is CC(C)(C)OC(=O)CC[C@@]1(C(=O)NCCCCc2ccccc2)N=C(c2ccc(OCCCO)cc2)O[C@@H]1c1ccccc1. The number of rotatable bonds is 15. The molecule has 0 spiro atoms. The first-order valence-electron chi connectivity index (χ1n) is 15.4. The summed E-state index contributed by atoms with van der Waals surface area (Å²) in [5.74, 6) is 0.301. The van der Waals surface area contributed by atoms with Gasteiger partial charge in [-0.3, -0.25) is 9.59 Å². The molecule has 0 saturated heterocycles. The van der Waals surface area contributed by atoms with Crippen molar-refractivity contribution in [3.63, 3.8) is 0 Å². The summed E-state index contributed by atoms with van der Waals surface area (Å²) in [6.45, 7) is 6.41. The van der Waals surface area contributed by atoms with Crippen molar-refractivity contribution in [2.45, 2.75) is 76.5 Å². The van der Waals surface area contributed by atoms with Crippen molar-refractivity contribution in [2.24, 2.45) is 4.99 Å². The van der Waals surface area contributed by atoms with E-state index in [1.54, 1.807) is 0 Å². The Labute approximate surface area is 260 Å². The lowest BCUT2D eigenvalue weighted by molar-refractivity contribution is -0.155. The average Bonchev–Trinajstić information content (AvgIpc) is 3.41. The zero-order valence-corrected chi connectivity index (χ0v) is 26.0. The molecule has 0 aliphatic carbocycles. The number of aliphatic hydroxyl groups is 1. The van der Waals surface area contributed by atoms with Crippen LogP contribution in [-0.4, -0.2) is 53.8 Å². The van der Waals surface area contributed by atoms with Gasteiger partial charge in [-0.15, -0.1) is 0 Å². The van der Waals surface area contributed by atoms with Crippen LogP contribution in [-0.2, 0) is 25.5 Å². The standard InChI is InChI=1S/C36H44N2O6/c1-35(2,3)44-31(40)22-23-36(34(41)37-24-11-10-15-27-13-6-4-7-14-27)32(28-16-8-5-9-17-28)43-33(38-36)29-18-20-30(21-19-29)42-26-12-25-39/h4-9,13-14,16-21,32,39H,10-12,15,22-26H2,1-3H3,(H,37,41)/t32-,36-/m1/s1. The second-order valence-electron chi connectivity index (χ2n) is 12.0. The van der Waals surface area contributed by atoms with Crippen molar-refractivity contribution in [1.29, 1.82) is 0 Å². The zero-order chi connectivity index (χ0) is 31.4. The highest BCUT2D eigenvalue weighted by Gasteiger charge is 2.53. The van der Waals surface area contributed by atoms with Crippen LogP contribution in [0.5, 0.6) is 5.75 Å². The van der Waals surface area contributed by atoms with Crippen molar-refractivity contribution in [2.75, 3.05) is 19.8 Å². The fraction of sp³-hybridized carbons (Fsp3) is 0.417. The molecular formula is C36H44N2O6. The lowest BCUT2D eigenvalue weighted by atomic mass is 9.83. The molecule has 2 atom stereocenters. The van der Waals surface area contributed by atoms with Crippen LogP contribution < -0.4 is 10.1 Å². The molecule has 1 aliphatic rings. The number of ether oxygens (including phenoxy) is 3. The van der Waals surface area contributed by atoms with Gasteiger partial charge in [0, 0.05) is 31.6 Å². The summed E-state index contributed by atoms with van der Waals surface area (Å²) in [6, 6.07) is 27.1. The molecule has 3 aromatic carbocycles. The van der Waals surface area contributed by atoms with Crippen LogP contribution in [0.1, 0.15) is 75.7 Å². The second kappa shape index (κ2) is 15.5. The number of esters is 1. The largest absolute Gasteiger partial charge is 0.494 e. The average molecular weight is 601 g/mol. The van der Waals surface area contributed by atoms with Crippen LogP contribution in [0.4, 0.5) is 0 Å². The Morgan fingerprint density at radius 1 is 0.932 bits per heavy atom. The molecule has 4 rings (SSSR count). The summed E-state index contributed by atoms with van der Waals surface area (Å²) in [7, 11) is 0. The maximum absolute atomic E-state index is 14.2. The number of carbonyl (C=O) groups is 2. The number of amides is 1. The molecule has 0 unspecified atom stereocenters. The van der Waals surface area contributed by atoms with Gasteiger partial charge in [0.15, 0.2) is 11.6 Å². The van der Waals surface area contributed by atoms with E-state index in [0.29, 0.717) is 36.8 Å². The summed E-state index contributed by atoms with van der Waals surface area (Å²) in [5, 5.41) is 12.1. The molecule has 0 bridgehead atoms. The number of benzene rings is 3. The fourth-order valence-electron chi connectivity index (χ4n) is 5.14. The van der Waals surface area contributed by atoms with Crippen LogP contribution in [0, 0.1) is 0 Å². The Hall–Kier alpha value is -4.17.